The predicted octanol–water partition coefficient (Wildman–Crippen LogP) is -0.240. The van der Waals surface area contributed by atoms with E-state index >= 15 is 0 Å². The second kappa shape index (κ2) is 3.34. The topological polar surface area (TPSA) is 52.6 Å². The molecule has 1 aliphatic rings. The maximum Gasteiger partial charge on any atom is 0.637 e. The summed E-state index contributed by atoms with van der Waals surface area (Å²) in [4.78, 5) is 21.3. The van der Waals surface area contributed by atoms with Gasteiger partial charge in [0.1, 0.15) is 11.6 Å². The number of halogens is 2. The lowest BCUT2D eigenvalue weighted by Gasteiger charge is -2.02. The fourth-order valence-corrected chi connectivity index (χ4v) is 1.16. The Kier molecular flexibility index (Phi) is 2.14. The quantitative estimate of drug-likeness (QED) is 0.476. The fraction of sp³-hybridized carbons (Fsp3) is 0. The maximum atomic E-state index is 12.8. The minimum Gasteiger partial charge on any atom is -0.487 e. The van der Waals surface area contributed by atoms with E-state index in [9.17, 15) is 18.4 Å². The molecule has 0 amide bonds. The molecule has 0 N–H and O–H groups in total. The highest BCUT2D eigenvalue weighted by molar-refractivity contribution is 6.70. The molecular weight excluding hydrogens is 209 g/mol. The molecule has 0 radical (unpaired) electrons. The zero-order valence-corrected chi connectivity index (χ0v) is 7.20. The number of rotatable bonds is 1. The van der Waals surface area contributed by atoms with Crippen molar-refractivity contribution in [3.8, 4) is 0 Å². The van der Waals surface area contributed by atoms with Gasteiger partial charge in [-0.1, -0.05) is 0 Å². The predicted molar refractivity (Wildman–Crippen MR) is 43.9 cm³/mol. The van der Waals surface area contributed by atoms with Gasteiger partial charge >= 0.3 is 19.1 Å². The van der Waals surface area contributed by atoms with E-state index in [0.29, 0.717) is 6.07 Å². The average molecular weight is 212 g/mol. The molecule has 0 spiro atoms. The van der Waals surface area contributed by atoms with Crippen LogP contribution in [0.5, 0.6) is 0 Å². The summed E-state index contributed by atoms with van der Waals surface area (Å²) in [5, 5.41) is 0. The standard InChI is InChI=1S/C8H3BF2O4/c10-5-1-4(2-6(11)3-5)9-14-7(12)8(13)15-9/h1-3H. The summed E-state index contributed by atoms with van der Waals surface area (Å²) >= 11 is 0. The molecule has 0 unspecified atom stereocenters. The van der Waals surface area contributed by atoms with Crippen molar-refractivity contribution in [2.24, 2.45) is 0 Å². The molecule has 1 fully saturated rings. The highest BCUT2D eigenvalue weighted by Gasteiger charge is 2.42. The minimum absolute atomic E-state index is 0.0632. The third-order valence-corrected chi connectivity index (χ3v) is 1.75. The van der Waals surface area contributed by atoms with E-state index in [1.165, 1.54) is 0 Å². The van der Waals surface area contributed by atoms with Crippen LogP contribution in [0.4, 0.5) is 8.78 Å². The first-order valence-electron chi connectivity index (χ1n) is 3.94. The highest BCUT2D eigenvalue weighted by atomic mass is 19.1. The third-order valence-electron chi connectivity index (χ3n) is 1.75. The smallest absolute Gasteiger partial charge is 0.487 e. The van der Waals surface area contributed by atoms with Crippen molar-refractivity contribution >= 4 is 24.5 Å². The minimum atomic E-state index is -1.37. The molecule has 1 aliphatic heterocycles. The molecule has 0 aromatic heterocycles. The lowest BCUT2D eigenvalue weighted by atomic mass is 9.79. The molecule has 0 bridgehead atoms. The van der Waals surface area contributed by atoms with Gasteiger partial charge < -0.3 is 9.31 Å². The molecule has 7 heteroatoms. The number of carbonyl (C=O) groups excluding carboxylic acids is 2. The Balaban J connectivity index is 2.31. The van der Waals surface area contributed by atoms with Crippen LogP contribution in [0.1, 0.15) is 0 Å². The van der Waals surface area contributed by atoms with Gasteiger partial charge in [-0.05, 0) is 12.1 Å². The number of carbonyl (C=O) groups is 2. The largest absolute Gasteiger partial charge is 0.637 e. The third kappa shape index (κ3) is 1.81. The normalized spacial score (nSPS) is 15.2. The summed E-state index contributed by atoms with van der Waals surface area (Å²) in [7, 11) is -1.37. The van der Waals surface area contributed by atoms with E-state index in [1.807, 2.05) is 0 Å². The SMILES string of the molecule is O=C1OB(c2cc(F)cc(F)c2)OC1=O. The molecule has 1 heterocycles. The number of hydrogen-bond donors (Lipinski definition) is 0. The van der Waals surface area contributed by atoms with Crippen molar-refractivity contribution in [1.82, 2.24) is 0 Å². The van der Waals surface area contributed by atoms with Crippen LogP contribution >= 0.6 is 0 Å². The first kappa shape index (κ1) is 9.63. The van der Waals surface area contributed by atoms with Crippen LogP contribution < -0.4 is 5.46 Å². The van der Waals surface area contributed by atoms with Crippen molar-refractivity contribution in [3.63, 3.8) is 0 Å². The zero-order valence-electron chi connectivity index (χ0n) is 7.20. The van der Waals surface area contributed by atoms with Gasteiger partial charge in [0.05, 0.1) is 0 Å². The Hall–Kier alpha value is -1.92. The van der Waals surface area contributed by atoms with E-state index in [0.717, 1.165) is 12.1 Å². The Morgan fingerprint density at radius 1 is 0.933 bits per heavy atom. The van der Waals surface area contributed by atoms with Gasteiger partial charge in [0.2, 0.25) is 0 Å². The lowest BCUT2D eigenvalue weighted by Crippen LogP contribution is -2.32. The Morgan fingerprint density at radius 3 is 1.87 bits per heavy atom. The average Bonchev–Trinajstić information content (AvgIpc) is 2.45. The van der Waals surface area contributed by atoms with Gasteiger partial charge in [-0.3, -0.25) is 0 Å². The van der Waals surface area contributed by atoms with E-state index in [4.69, 9.17) is 0 Å². The van der Waals surface area contributed by atoms with Gasteiger partial charge in [-0.25, -0.2) is 18.4 Å². The summed E-state index contributed by atoms with van der Waals surface area (Å²) in [5.74, 6) is -4.04. The monoisotopic (exact) mass is 212 g/mol. The number of benzene rings is 1. The van der Waals surface area contributed by atoms with Crippen LogP contribution in [0.3, 0.4) is 0 Å². The van der Waals surface area contributed by atoms with Crippen molar-refractivity contribution in [2.75, 3.05) is 0 Å². The van der Waals surface area contributed by atoms with Crippen LogP contribution in [-0.2, 0) is 18.9 Å². The molecular formula is C8H3BF2O4. The highest BCUT2D eigenvalue weighted by Crippen LogP contribution is 2.06. The van der Waals surface area contributed by atoms with Crippen LogP contribution in [0.25, 0.3) is 0 Å². The van der Waals surface area contributed by atoms with Gasteiger partial charge in [0.25, 0.3) is 0 Å². The molecule has 2 rings (SSSR count). The molecule has 0 atom stereocenters. The second-order valence-electron chi connectivity index (χ2n) is 2.85. The van der Waals surface area contributed by atoms with Crippen LogP contribution in [0, 0.1) is 11.6 Å². The van der Waals surface area contributed by atoms with E-state index in [2.05, 4.69) is 9.31 Å². The molecule has 15 heavy (non-hydrogen) atoms. The summed E-state index contributed by atoms with van der Waals surface area (Å²) in [6.07, 6.45) is 0. The van der Waals surface area contributed by atoms with Crippen molar-refractivity contribution in [1.29, 1.82) is 0 Å². The molecule has 0 aliphatic carbocycles. The van der Waals surface area contributed by atoms with Crippen molar-refractivity contribution in [2.45, 2.75) is 0 Å². The van der Waals surface area contributed by atoms with Crippen LogP contribution in [0.15, 0.2) is 18.2 Å². The van der Waals surface area contributed by atoms with Gasteiger partial charge in [0, 0.05) is 11.5 Å². The van der Waals surface area contributed by atoms with E-state index in [1.54, 1.807) is 0 Å². The summed E-state index contributed by atoms with van der Waals surface area (Å²) < 4.78 is 34.4. The first-order valence-corrected chi connectivity index (χ1v) is 3.94. The molecule has 0 saturated carbocycles. The van der Waals surface area contributed by atoms with Gasteiger partial charge in [0.15, 0.2) is 0 Å². The Morgan fingerprint density at radius 2 is 1.40 bits per heavy atom. The number of hydrogen-bond acceptors (Lipinski definition) is 4. The zero-order chi connectivity index (χ0) is 11.0. The summed E-state index contributed by atoms with van der Waals surface area (Å²) in [6.45, 7) is 0. The summed E-state index contributed by atoms with van der Waals surface area (Å²) in [5.41, 5.74) is -0.0632. The molecule has 1 aromatic carbocycles. The van der Waals surface area contributed by atoms with Crippen molar-refractivity contribution in [3.05, 3.63) is 29.8 Å². The van der Waals surface area contributed by atoms with Crippen molar-refractivity contribution < 1.29 is 27.7 Å². The van der Waals surface area contributed by atoms with E-state index in [-0.39, 0.29) is 5.46 Å². The van der Waals surface area contributed by atoms with Crippen LogP contribution in [0.2, 0.25) is 0 Å². The van der Waals surface area contributed by atoms with Gasteiger partial charge in [-0.15, -0.1) is 0 Å². The van der Waals surface area contributed by atoms with Crippen LogP contribution in [-0.4, -0.2) is 19.1 Å². The van der Waals surface area contributed by atoms with E-state index < -0.39 is 30.7 Å². The second-order valence-corrected chi connectivity index (χ2v) is 2.85. The molecule has 1 aromatic rings. The van der Waals surface area contributed by atoms with Gasteiger partial charge in [-0.2, -0.15) is 0 Å². The Bertz CT molecular complexity index is 412. The molecule has 76 valence electrons. The maximum absolute atomic E-state index is 12.8. The molecule has 4 nitrogen and oxygen atoms in total. The molecule has 1 saturated heterocycles. The summed E-state index contributed by atoms with van der Waals surface area (Å²) in [6, 6.07) is 2.49. The lowest BCUT2D eigenvalue weighted by molar-refractivity contribution is -0.150. The fourth-order valence-electron chi connectivity index (χ4n) is 1.16. The first-order chi connectivity index (χ1) is 7.06. The Labute approximate surface area is 82.9 Å².